The number of halogens is 1. The molecule has 0 radical (unpaired) electrons. The first-order chi connectivity index (χ1) is 22.0. The van der Waals surface area contributed by atoms with Crippen LogP contribution in [0.2, 0.25) is 0 Å². The van der Waals surface area contributed by atoms with Crippen molar-refractivity contribution in [2.24, 2.45) is 0 Å². The fourth-order valence-electron chi connectivity index (χ4n) is 6.14. The summed E-state index contributed by atoms with van der Waals surface area (Å²) < 4.78 is 26.9. The zero-order valence-electron chi connectivity index (χ0n) is 25.0. The van der Waals surface area contributed by atoms with Crippen molar-refractivity contribution < 1.29 is 18.7 Å². The van der Waals surface area contributed by atoms with E-state index in [2.05, 4.69) is 41.5 Å². The Labute approximate surface area is 269 Å². The Bertz CT molecular complexity index is 1920. The summed E-state index contributed by atoms with van der Waals surface area (Å²) in [7, 11) is 1.61. The normalized spacial score (nSPS) is 14.6. The van der Waals surface area contributed by atoms with E-state index in [9.17, 15) is 9.18 Å². The summed E-state index contributed by atoms with van der Waals surface area (Å²) in [5.41, 5.74) is 7.99. The molecular formula is C35H33FN4O3S2. The molecule has 2 aromatic carbocycles. The second-order valence-electron chi connectivity index (χ2n) is 11.2. The summed E-state index contributed by atoms with van der Waals surface area (Å²) in [5.74, 6) is -0.0330. The molecule has 7 rings (SSSR count). The highest BCUT2D eigenvalue weighted by Crippen LogP contribution is 2.47. The lowest BCUT2D eigenvalue weighted by molar-refractivity contribution is -0.126. The van der Waals surface area contributed by atoms with E-state index in [1.54, 1.807) is 40.7 Å². The van der Waals surface area contributed by atoms with Gasteiger partial charge in [0.15, 0.2) is 0 Å². The smallest absolute Gasteiger partial charge is 0.246 e. The van der Waals surface area contributed by atoms with Crippen LogP contribution in [0.3, 0.4) is 0 Å². The van der Waals surface area contributed by atoms with Crippen LogP contribution in [0.4, 0.5) is 4.39 Å². The van der Waals surface area contributed by atoms with Gasteiger partial charge in [-0.25, -0.2) is 14.4 Å². The number of ether oxygens (including phenoxy) is 2. The molecule has 5 heterocycles. The number of methoxy groups -OCH3 is 1. The van der Waals surface area contributed by atoms with Crippen LogP contribution in [-0.2, 0) is 35.3 Å². The first-order valence-electron chi connectivity index (χ1n) is 15.1. The van der Waals surface area contributed by atoms with Gasteiger partial charge in [0, 0.05) is 57.8 Å². The maximum atomic E-state index is 14.6. The minimum atomic E-state index is -0.379. The van der Waals surface area contributed by atoms with Gasteiger partial charge in [-0.2, -0.15) is 0 Å². The van der Waals surface area contributed by atoms with Gasteiger partial charge in [0.05, 0.1) is 24.5 Å². The van der Waals surface area contributed by atoms with Gasteiger partial charge in [-0.3, -0.25) is 4.79 Å². The number of rotatable bonds is 8. The third-order valence-corrected chi connectivity index (χ3v) is 10.4. The SMILES string of the molecule is C=CC(=O)N1CCc2nc(-c3nc(-c4ccc5c(c4)CCNCC5)c4ccsc4c3-c3ccc(F)cc3OCCOC)sc2C1. The molecule has 3 aromatic heterocycles. The van der Waals surface area contributed by atoms with Crippen molar-refractivity contribution in [1.82, 2.24) is 20.2 Å². The van der Waals surface area contributed by atoms with Gasteiger partial charge >= 0.3 is 0 Å². The van der Waals surface area contributed by atoms with E-state index in [1.165, 1.54) is 29.3 Å². The van der Waals surface area contributed by atoms with Gasteiger partial charge in [-0.15, -0.1) is 22.7 Å². The molecule has 2 aliphatic heterocycles. The highest BCUT2D eigenvalue weighted by molar-refractivity contribution is 7.18. The molecule has 5 aromatic rings. The Hall–Kier alpha value is -3.96. The number of fused-ring (bicyclic) bond motifs is 3. The fourth-order valence-corrected chi connectivity index (χ4v) is 8.22. The number of pyridine rings is 1. The third kappa shape index (κ3) is 5.79. The molecule has 45 heavy (non-hydrogen) atoms. The second kappa shape index (κ2) is 12.8. The summed E-state index contributed by atoms with van der Waals surface area (Å²) in [6.07, 6.45) is 4.00. The minimum absolute atomic E-state index is 0.0840. The van der Waals surface area contributed by atoms with Crippen molar-refractivity contribution in [3.8, 4) is 38.8 Å². The van der Waals surface area contributed by atoms with E-state index >= 15 is 0 Å². The highest BCUT2D eigenvalue weighted by Gasteiger charge is 2.28. The number of hydrogen-bond acceptors (Lipinski definition) is 8. The lowest BCUT2D eigenvalue weighted by Crippen LogP contribution is -2.34. The van der Waals surface area contributed by atoms with Gasteiger partial charge in [0.1, 0.15) is 28.9 Å². The molecule has 0 fully saturated rings. The first kappa shape index (κ1) is 29.7. The van der Waals surface area contributed by atoms with E-state index < -0.39 is 0 Å². The molecule has 0 saturated carbocycles. The average Bonchev–Trinajstić information content (AvgIpc) is 3.65. The summed E-state index contributed by atoms with van der Waals surface area (Å²) in [4.78, 5) is 25.8. The molecular weight excluding hydrogens is 608 g/mol. The molecule has 0 atom stereocenters. The van der Waals surface area contributed by atoms with Gasteiger partial charge < -0.3 is 19.7 Å². The Morgan fingerprint density at radius 3 is 2.78 bits per heavy atom. The molecule has 0 unspecified atom stereocenters. The number of carbonyl (C=O) groups is 1. The van der Waals surface area contributed by atoms with Crippen LogP contribution < -0.4 is 10.1 Å². The van der Waals surface area contributed by atoms with Crippen molar-refractivity contribution in [3.63, 3.8) is 0 Å². The number of nitrogens with zero attached hydrogens (tertiary/aromatic N) is 3. The van der Waals surface area contributed by atoms with Crippen LogP contribution in [0.1, 0.15) is 21.7 Å². The fraction of sp³-hybridized carbons (Fsp3) is 0.286. The van der Waals surface area contributed by atoms with Crippen molar-refractivity contribution in [3.05, 3.63) is 88.0 Å². The number of thiazole rings is 1. The number of amides is 1. The van der Waals surface area contributed by atoms with Gasteiger partial charge in [-0.05, 0) is 72.8 Å². The van der Waals surface area contributed by atoms with Crippen molar-refractivity contribution in [2.75, 3.05) is 40.0 Å². The number of benzene rings is 2. The molecule has 0 saturated heterocycles. The summed E-state index contributed by atoms with van der Waals surface area (Å²) >= 11 is 3.19. The van der Waals surface area contributed by atoms with Gasteiger partial charge in [0.25, 0.3) is 0 Å². The van der Waals surface area contributed by atoms with E-state index in [1.807, 2.05) is 0 Å². The van der Waals surface area contributed by atoms with E-state index in [-0.39, 0.29) is 18.3 Å². The summed E-state index contributed by atoms with van der Waals surface area (Å²) in [6.45, 7) is 7.34. The molecule has 7 nitrogen and oxygen atoms in total. The lowest BCUT2D eigenvalue weighted by Gasteiger charge is -2.24. The van der Waals surface area contributed by atoms with E-state index in [0.717, 1.165) is 79.7 Å². The molecule has 1 amide bonds. The second-order valence-corrected chi connectivity index (χ2v) is 13.2. The molecule has 2 aliphatic rings. The monoisotopic (exact) mass is 640 g/mol. The first-order valence-corrected chi connectivity index (χ1v) is 16.8. The maximum absolute atomic E-state index is 14.6. The quantitative estimate of drug-likeness (QED) is 0.151. The van der Waals surface area contributed by atoms with Crippen LogP contribution >= 0.6 is 22.7 Å². The number of hydrogen-bond donors (Lipinski definition) is 1. The molecule has 230 valence electrons. The summed E-state index contributed by atoms with van der Waals surface area (Å²) in [5, 5.41) is 7.38. The maximum Gasteiger partial charge on any atom is 0.246 e. The van der Waals surface area contributed by atoms with Crippen LogP contribution in [0, 0.1) is 5.82 Å². The Morgan fingerprint density at radius 2 is 1.93 bits per heavy atom. The topological polar surface area (TPSA) is 76.6 Å². The van der Waals surface area contributed by atoms with E-state index in [0.29, 0.717) is 31.9 Å². The Morgan fingerprint density at radius 1 is 1.07 bits per heavy atom. The minimum Gasteiger partial charge on any atom is -0.490 e. The number of nitrogens with one attached hydrogen (secondary N) is 1. The van der Waals surface area contributed by atoms with Crippen LogP contribution in [-0.4, -0.2) is 60.7 Å². The lowest BCUT2D eigenvalue weighted by atomic mass is 9.95. The van der Waals surface area contributed by atoms with Crippen LogP contribution in [0.15, 0.2) is 60.5 Å². The molecule has 10 heteroatoms. The molecule has 0 spiro atoms. The van der Waals surface area contributed by atoms with Crippen molar-refractivity contribution >= 4 is 38.7 Å². The predicted octanol–water partition coefficient (Wildman–Crippen LogP) is 6.68. The third-order valence-electron chi connectivity index (χ3n) is 8.41. The van der Waals surface area contributed by atoms with Gasteiger partial charge in [-0.1, -0.05) is 18.7 Å². The number of aromatic nitrogens is 2. The van der Waals surface area contributed by atoms with Crippen LogP contribution in [0.25, 0.3) is 43.2 Å². The standard InChI is InChI=1S/C35H33FN4O3S2/c1-3-30(41)40-14-10-27-29(20-40)45-35(38-27)33-31(25-7-6-24(36)19-28(25)43-16-15-42-2)34-26(11-17-44-34)32(39-33)23-5-4-21-8-12-37-13-9-22(21)18-23/h3-7,11,17-19,37H,1,8-10,12-16,20H2,2H3. The zero-order chi connectivity index (χ0) is 30.9. The van der Waals surface area contributed by atoms with Crippen LogP contribution in [0.5, 0.6) is 5.75 Å². The Kier molecular flexibility index (Phi) is 8.46. The zero-order valence-corrected chi connectivity index (χ0v) is 26.7. The average molecular weight is 641 g/mol. The largest absolute Gasteiger partial charge is 0.490 e. The molecule has 0 bridgehead atoms. The summed E-state index contributed by atoms with van der Waals surface area (Å²) in [6, 6.07) is 13.5. The van der Waals surface area contributed by atoms with Gasteiger partial charge in [0.2, 0.25) is 5.91 Å². The number of thiophene rings is 1. The Balaban J connectivity index is 1.44. The predicted molar refractivity (Wildman–Crippen MR) is 179 cm³/mol. The van der Waals surface area contributed by atoms with E-state index in [4.69, 9.17) is 19.4 Å². The van der Waals surface area contributed by atoms with Crippen molar-refractivity contribution in [2.45, 2.75) is 25.8 Å². The highest BCUT2D eigenvalue weighted by atomic mass is 32.1. The van der Waals surface area contributed by atoms with Crippen molar-refractivity contribution in [1.29, 1.82) is 0 Å². The molecule has 0 aliphatic carbocycles. The number of carbonyl (C=O) groups excluding carboxylic acids is 1. The molecule has 1 N–H and O–H groups in total.